The molecular weight excluding hydrogens is 206 g/mol. The van der Waals surface area contributed by atoms with Crippen LogP contribution in [0.25, 0.3) is 0 Å². The standard InChI is InChI=1S/C16H33N/c1-5-14(6-2)12-17-16-9-7-8-15(10-11-16)13(3)4/h13-17H,5-12H2,1-4H3. The van der Waals surface area contributed by atoms with E-state index in [1.54, 1.807) is 0 Å². The van der Waals surface area contributed by atoms with Crippen molar-refractivity contribution in [1.29, 1.82) is 0 Å². The SMILES string of the molecule is CCC(CC)CNC1CCCC(C(C)C)CC1. The zero-order valence-corrected chi connectivity index (χ0v) is 12.5. The lowest BCUT2D eigenvalue weighted by molar-refractivity contribution is 0.334. The summed E-state index contributed by atoms with van der Waals surface area (Å²) in [7, 11) is 0. The minimum atomic E-state index is 0.805. The summed E-state index contributed by atoms with van der Waals surface area (Å²) in [6.45, 7) is 10.7. The van der Waals surface area contributed by atoms with Crippen molar-refractivity contribution in [1.82, 2.24) is 5.32 Å². The van der Waals surface area contributed by atoms with Gasteiger partial charge in [-0.2, -0.15) is 0 Å². The summed E-state index contributed by atoms with van der Waals surface area (Å²) >= 11 is 0. The monoisotopic (exact) mass is 239 g/mol. The molecule has 1 saturated carbocycles. The van der Waals surface area contributed by atoms with Gasteiger partial charge >= 0.3 is 0 Å². The second-order valence-electron chi connectivity index (χ2n) is 6.30. The van der Waals surface area contributed by atoms with Gasteiger partial charge in [-0.05, 0) is 43.6 Å². The number of hydrogen-bond acceptors (Lipinski definition) is 1. The topological polar surface area (TPSA) is 12.0 Å². The van der Waals surface area contributed by atoms with Crippen LogP contribution in [0, 0.1) is 17.8 Å². The Balaban J connectivity index is 2.26. The van der Waals surface area contributed by atoms with Crippen molar-refractivity contribution in [3.8, 4) is 0 Å². The number of nitrogens with one attached hydrogen (secondary N) is 1. The molecule has 17 heavy (non-hydrogen) atoms. The van der Waals surface area contributed by atoms with Gasteiger partial charge in [0.05, 0.1) is 0 Å². The Labute approximate surface area is 109 Å². The lowest BCUT2D eigenvalue weighted by atomic mass is 9.89. The quantitative estimate of drug-likeness (QED) is 0.667. The van der Waals surface area contributed by atoms with E-state index in [0.29, 0.717) is 0 Å². The van der Waals surface area contributed by atoms with Crippen molar-refractivity contribution in [2.45, 2.75) is 78.7 Å². The van der Waals surface area contributed by atoms with E-state index in [-0.39, 0.29) is 0 Å². The highest BCUT2D eigenvalue weighted by atomic mass is 14.9. The fraction of sp³-hybridized carbons (Fsp3) is 1.00. The van der Waals surface area contributed by atoms with Crippen molar-refractivity contribution in [3.63, 3.8) is 0 Å². The van der Waals surface area contributed by atoms with Crippen molar-refractivity contribution in [3.05, 3.63) is 0 Å². The van der Waals surface area contributed by atoms with Crippen LogP contribution in [0.1, 0.15) is 72.6 Å². The maximum Gasteiger partial charge on any atom is 0.00672 e. The van der Waals surface area contributed by atoms with Crippen LogP contribution in [0.15, 0.2) is 0 Å². The van der Waals surface area contributed by atoms with E-state index in [1.807, 2.05) is 0 Å². The number of rotatable bonds is 6. The Morgan fingerprint density at radius 2 is 1.71 bits per heavy atom. The predicted octanol–water partition coefficient (Wildman–Crippen LogP) is 4.62. The molecule has 2 atom stereocenters. The molecule has 0 radical (unpaired) electrons. The summed E-state index contributed by atoms with van der Waals surface area (Å²) in [6.07, 6.45) is 9.80. The van der Waals surface area contributed by atoms with E-state index >= 15 is 0 Å². The second-order valence-corrected chi connectivity index (χ2v) is 6.30. The molecule has 2 unspecified atom stereocenters. The van der Waals surface area contributed by atoms with Crippen LogP contribution in [0.3, 0.4) is 0 Å². The van der Waals surface area contributed by atoms with Crippen molar-refractivity contribution < 1.29 is 0 Å². The van der Waals surface area contributed by atoms with Crippen molar-refractivity contribution in [2.75, 3.05) is 6.54 Å². The van der Waals surface area contributed by atoms with Crippen LogP contribution in [-0.2, 0) is 0 Å². The third kappa shape index (κ3) is 5.42. The average molecular weight is 239 g/mol. The van der Waals surface area contributed by atoms with E-state index in [2.05, 4.69) is 33.0 Å². The summed E-state index contributed by atoms with van der Waals surface area (Å²) in [5, 5.41) is 3.82. The molecule has 1 nitrogen and oxygen atoms in total. The highest BCUT2D eigenvalue weighted by Gasteiger charge is 2.20. The molecule has 1 heteroatoms. The molecule has 102 valence electrons. The first-order valence-electron chi connectivity index (χ1n) is 7.90. The molecular formula is C16H33N. The third-order valence-corrected chi connectivity index (χ3v) is 4.81. The molecule has 0 aromatic carbocycles. The zero-order valence-electron chi connectivity index (χ0n) is 12.5. The number of hydrogen-bond donors (Lipinski definition) is 1. The molecule has 1 aliphatic carbocycles. The summed E-state index contributed by atoms with van der Waals surface area (Å²) in [6, 6.07) is 0.805. The molecule has 1 N–H and O–H groups in total. The molecule has 0 bridgehead atoms. The van der Waals surface area contributed by atoms with Gasteiger partial charge in [0.25, 0.3) is 0 Å². The average Bonchev–Trinajstić information content (AvgIpc) is 2.56. The summed E-state index contributed by atoms with van der Waals surface area (Å²) in [4.78, 5) is 0. The van der Waals surface area contributed by atoms with Gasteiger partial charge in [0.15, 0.2) is 0 Å². The fourth-order valence-corrected chi connectivity index (χ4v) is 3.11. The molecule has 1 fully saturated rings. The Morgan fingerprint density at radius 1 is 1.00 bits per heavy atom. The van der Waals surface area contributed by atoms with Gasteiger partial charge in [0, 0.05) is 6.04 Å². The zero-order chi connectivity index (χ0) is 12.7. The molecule has 0 spiro atoms. The summed E-state index contributed by atoms with van der Waals surface area (Å²) < 4.78 is 0. The van der Waals surface area contributed by atoms with Crippen LogP contribution >= 0.6 is 0 Å². The van der Waals surface area contributed by atoms with E-state index in [1.165, 1.54) is 51.5 Å². The van der Waals surface area contributed by atoms with E-state index in [4.69, 9.17) is 0 Å². The van der Waals surface area contributed by atoms with Gasteiger partial charge in [-0.3, -0.25) is 0 Å². The molecule has 0 saturated heterocycles. The van der Waals surface area contributed by atoms with Crippen LogP contribution < -0.4 is 5.32 Å². The molecule has 0 aliphatic heterocycles. The van der Waals surface area contributed by atoms with Gasteiger partial charge in [-0.25, -0.2) is 0 Å². The Bertz CT molecular complexity index is 184. The van der Waals surface area contributed by atoms with Gasteiger partial charge < -0.3 is 5.32 Å². The third-order valence-electron chi connectivity index (χ3n) is 4.81. The second kappa shape index (κ2) is 8.13. The molecule has 0 aromatic rings. The van der Waals surface area contributed by atoms with Crippen LogP contribution in [0.4, 0.5) is 0 Å². The maximum absolute atomic E-state index is 3.82. The molecule has 0 aromatic heterocycles. The maximum atomic E-state index is 3.82. The predicted molar refractivity (Wildman–Crippen MR) is 77.3 cm³/mol. The van der Waals surface area contributed by atoms with Crippen molar-refractivity contribution in [2.24, 2.45) is 17.8 Å². The minimum Gasteiger partial charge on any atom is -0.314 e. The Kier molecular flexibility index (Phi) is 7.18. The van der Waals surface area contributed by atoms with E-state index in [0.717, 1.165) is 23.8 Å². The van der Waals surface area contributed by atoms with Gasteiger partial charge in [0.1, 0.15) is 0 Å². The van der Waals surface area contributed by atoms with Gasteiger partial charge in [-0.1, -0.05) is 53.4 Å². The fourth-order valence-electron chi connectivity index (χ4n) is 3.11. The molecule has 0 heterocycles. The lowest BCUT2D eigenvalue weighted by Gasteiger charge is -2.21. The minimum absolute atomic E-state index is 0.805. The smallest absolute Gasteiger partial charge is 0.00672 e. The molecule has 1 aliphatic rings. The first-order chi connectivity index (χ1) is 8.17. The van der Waals surface area contributed by atoms with Gasteiger partial charge in [-0.15, -0.1) is 0 Å². The largest absolute Gasteiger partial charge is 0.314 e. The first-order valence-corrected chi connectivity index (χ1v) is 7.90. The van der Waals surface area contributed by atoms with E-state index in [9.17, 15) is 0 Å². The molecule has 0 amide bonds. The lowest BCUT2D eigenvalue weighted by Crippen LogP contribution is -2.32. The highest BCUT2D eigenvalue weighted by Crippen LogP contribution is 2.28. The summed E-state index contributed by atoms with van der Waals surface area (Å²) in [5.74, 6) is 2.75. The van der Waals surface area contributed by atoms with E-state index < -0.39 is 0 Å². The van der Waals surface area contributed by atoms with Crippen LogP contribution in [0.2, 0.25) is 0 Å². The first kappa shape index (κ1) is 15.0. The molecule has 1 rings (SSSR count). The van der Waals surface area contributed by atoms with Gasteiger partial charge in [0.2, 0.25) is 0 Å². The Morgan fingerprint density at radius 3 is 2.29 bits per heavy atom. The van der Waals surface area contributed by atoms with Crippen LogP contribution in [0.5, 0.6) is 0 Å². The summed E-state index contributed by atoms with van der Waals surface area (Å²) in [5.41, 5.74) is 0. The normalized spacial score (nSPS) is 26.5. The van der Waals surface area contributed by atoms with Crippen molar-refractivity contribution >= 4 is 0 Å². The highest BCUT2D eigenvalue weighted by molar-refractivity contribution is 4.77. The Hall–Kier alpha value is -0.0400. The van der Waals surface area contributed by atoms with Crippen LogP contribution in [-0.4, -0.2) is 12.6 Å².